The Morgan fingerprint density at radius 1 is 1.05 bits per heavy atom. The number of hydrogen-bond acceptors (Lipinski definition) is 1. The summed E-state index contributed by atoms with van der Waals surface area (Å²) in [5.41, 5.74) is 6.81. The summed E-state index contributed by atoms with van der Waals surface area (Å²) in [6.45, 7) is 9.43. The Hall–Kier alpha value is -0.820. The lowest BCUT2D eigenvalue weighted by Crippen LogP contribution is -2.32. The molecule has 20 heavy (non-hydrogen) atoms. The van der Waals surface area contributed by atoms with E-state index in [2.05, 4.69) is 44.9 Å². The number of nitrogens with zero attached hydrogens (tertiary/aromatic N) is 1. The molecule has 0 spiro atoms. The summed E-state index contributed by atoms with van der Waals surface area (Å²) in [5, 5.41) is 0. The third kappa shape index (κ3) is 2.65. The van der Waals surface area contributed by atoms with Crippen LogP contribution in [0, 0.1) is 0 Å². The van der Waals surface area contributed by atoms with Gasteiger partial charge in [-0.2, -0.15) is 0 Å². The molecule has 0 fully saturated rings. The van der Waals surface area contributed by atoms with Crippen molar-refractivity contribution in [2.45, 2.75) is 70.8 Å². The van der Waals surface area contributed by atoms with Gasteiger partial charge < -0.3 is 4.90 Å². The molecule has 0 amide bonds. The molecule has 1 aromatic carbocycles. The molecule has 0 saturated carbocycles. The normalized spacial score (nSPS) is 23.9. The molecule has 1 nitrogen and oxygen atoms in total. The lowest BCUT2D eigenvalue weighted by Gasteiger charge is -2.36. The van der Waals surface area contributed by atoms with Crippen LogP contribution >= 0.6 is 0 Å². The highest BCUT2D eigenvalue weighted by atomic mass is 15.1. The predicted molar refractivity (Wildman–Crippen MR) is 86.4 cm³/mol. The molecular weight excluding hydrogens is 242 g/mol. The number of benzene rings is 1. The molecule has 2 aliphatic rings. The van der Waals surface area contributed by atoms with Crippen LogP contribution in [0.15, 0.2) is 12.1 Å². The molecule has 1 unspecified atom stereocenters. The van der Waals surface area contributed by atoms with Gasteiger partial charge >= 0.3 is 0 Å². The Morgan fingerprint density at radius 2 is 1.80 bits per heavy atom. The van der Waals surface area contributed by atoms with Crippen molar-refractivity contribution in [2.75, 3.05) is 13.6 Å². The number of likely N-dealkylation sites (N-methyl/N-ethyl adjacent to an activating group) is 1. The highest BCUT2D eigenvalue weighted by molar-refractivity contribution is 5.45. The van der Waals surface area contributed by atoms with E-state index in [1.807, 2.05) is 0 Å². The monoisotopic (exact) mass is 271 g/mol. The minimum atomic E-state index is 0.263. The fraction of sp³-hybridized carbons (Fsp3) is 0.684. The fourth-order valence-corrected chi connectivity index (χ4v) is 4.02. The second-order valence-electron chi connectivity index (χ2n) is 7.95. The molecule has 1 aromatic rings. The Labute approximate surface area is 124 Å². The van der Waals surface area contributed by atoms with E-state index >= 15 is 0 Å². The first kappa shape index (κ1) is 14.1. The average molecular weight is 271 g/mol. The van der Waals surface area contributed by atoms with Gasteiger partial charge in [0.15, 0.2) is 0 Å². The van der Waals surface area contributed by atoms with E-state index in [-0.39, 0.29) is 5.41 Å². The van der Waals surface area contributed by atoms with E-state index < -0.39 is 0 Å². The predicted octanol–water partition coefficient (Wildman–Crippen LogP) is 4.63. The summed E-state index contributed by atoms with van der Waals surface area (Å²) < 4.78 is 0. The van der Waals surface area contributed by atoms with E-state index in [9.17, 15) is 0 Å². The highest BCUT2D eigenvalue weighted by Gasteiger charge is 2.28. The summed E-state index contributed by atoms with van der Waals surface area (Å²) in [6, 6.07) is 5.03. The Balaban J connectivity index is 2.12. The van der Waals surface area contributed by atoms with Crippen molar-refractivity contribution in [1.29, 1.82) is 0 Å². The smallest absolute Gasteiger partial charge is 0.0233 e. The van der Waals surface area contributed by atoms with Crippen LogP contribution in [-0.2, 0) is 18.4 Å². The number of rotatable bonds is 0. The SMILES string of the molecule is CN1Cc2cc(C(C)(C)C)cc3c2C(CCCCC3)C1. The molecule has 3 rings (SSSR count). The van der Waals surface area contributed by atoms with Gasteiger partial charge in [0.2, 0.25) is 0 Å². The highest BCUT2D eigenvalue weighted by Crippen LogP contribution is 2.39. The first-order valence-corrected chi connectivity index (χ1v) is 8.30. The van der Waals surface area contributed by atoms with E-state index in [1.165, 1.54) is 44.2 Å². The van der Waals surface area contributed by atoms with E-state index in [0.717, 1.165) is 12.5 Å². The van der Waals surface area contributed by atoms with Gasteiger partial charge in [0.1, 0.15) is 0 Å². The molecule has 0 aromatic heterocycles. The second kappa shape index (κ2) is 5.18. The maximum atomic E-state index is 2.53. The van der Waals surface area contributed by atoms with Crippen molar-refractivity contribution in [3.05, 3.63) is 34.4 Å². The van der Waals surface area contributed by atoms with Gasteiger partial charge in [-0.1, -0.05) is 45.7 Å². The summed E-state index contributed by atoms with van der Waals surface area (Å²) >= 11 is 0. The summed E-state index contributed by atoms with van der Waals surface area (Å²) in [7, 11) is 2.28. The van der Waals surface area contributed by atoms with E-state index in [4.69, 9.17) is 0 Å². The van der Waals surface area contributed by atoms with Crippen LogP contribution in [0.3, 0.4) is 0 Å². The van der Waals surface area contributed by atoms with Crippen LogP contribution in [0.25, 0.3) is 0 Å². The molecule has 110 valence electrons. The minimum Gasteiger partial charge on any atom is -0.301 e. The van der Waals surface area contributed by atoms with Gasteiger partial charge in [0, 0.05) is 13.1 Å². The van der Waals surface area contributed by atoms with E-state index in [0.29, 0.717) is 0 Å². The van der Waals surface area contributed by atoms with Gasteiger partial charge in [0.25, 0.3) is 0 Å². The van der Waals surface area contributed by atoms with Gasteiger partial charge in [0.05, 0.1) is 0 Å². The van der Waals surface area contributed by atoms with Crippen molar-refractivity contribution >= 4 is 0 Å². The molecule has 1 heteroatoms. The van der Waals surface area contributed by atoms with Gasteiger partial charge in [-0.3, -0.25) is 0 Å². The van der Waals surface area contributed by atoms with Crippen molar-refractivity contribution in [3.8, 4) is 0 Å². The van der Waals surface area contributed by atoms with Crippen LogP contribution in [0.5, 0.6) is 0 Å². The topological polar surface area (TPSA) is 3.24 Å². The lowest BCUT2D eigenvalue weighted by atomic mass is 9.76. The zero-order chi connectivity index (χ0) is 14.3. The molecule has 0 radical (unpaired) electrons. The second-order valence-corrected chi connectivity index (χ2v) is 7.95. The van der Waals surface area contributed by atoms with Crippen molar-refractivity contribution in [1.82, 2.24) is 4.90 Å². The molecule has 1 heterocycles. The maximum Gasteiger partial charge on any atom is 0.0233 e. The Bertz CT molecular complexity index is 478. The standard InChI is InChI=1S/C19H29N/c1-19(2,3)17-10-14-8-6-5-7-9-15-12-20(4)13-16(11-17)18(14)15/h10-11,15H,5-9,12-13H2,1-4H3. The molecular formula is C19H29N. The van der Waals surface area contributed by atoms with Crippen LogP contribution in [0.2, 0.25) is 0 Å². The number of aryl methyl sites for hydroxylation is 1. The molecule has 0 bridgehead atoms. The quantitative estimate of drug-likeness (QED) is 0.665. The lowest BCUT2D eigenvalue weighted by molar-refractivity contribution is 0.268. The van der Waals surface area contributed by atoms with Gasteiger partial charge in [-0.25, -0.2) is 0 Å². The Morgan fingerprint density at radius 3 is 2.55 bits per heavy atom. The Kier molecular flexibility index (Phi) is 3.66. The third-order valence-electron chi connectivity index (χ3n) is 5.10. The van der Waals surface area contributed by atoms with Gasteiger partial charge in [-0.15, -0.1) is 0 Å². The number of hydrogen-bond donors (Lipinski definition) is 0. The van der Waals surface area contributed by atoms with Crippen LogP contribution in [0.4, 0.5) is 0 Å². The van der Waals surface area contributed by atoms with Crippen LogP contribution < -0.4 is 0 Å². The molecule has 0 saturated heterocycles. The maximum absolute atomic E-state index is 2.53. The molecule has 1 atom stereocenters. The van der Waals surface area contributed by atoms with Crippen molar-refractivity contribution in [3.63, 3.8) is 0 Å². The summed E-state index contributed by atoms with van der Waals surface area (Å²) in [4.78, 5) is 2.52. The first-order chi connectivity index (χ1) is 9.45. The largest absolute Gasteiger partial charge is 0.301 e. The molecule has 1 aliphatic heterocycles. The van der Waals surface area contributed by atoms with Crippen molar-refractivity contribution < 1.29 is 0 Å². The zero-order valence-corrected chi connectivity index (χ0v) is 13.6. The van der Waals surface area contributed by atoms with E-state index in [1.54, 1.807) is 16.7 Å². The molecule has 1 aliphatic carbocycles. The average Bonchev–Trinajstić information content (AvgIpc) is 2.32. The zero-order valence-electron chi connectivity index (χ0n) is 13.6. The fourth-order valence-electron chi connectivity index (χ4n) is 4.02. The van der Waals surface area contributed by atoms with Crippen LogP contribution in [-0.4, -0.2) is 18.5 Å². The summed E-state index contributed by atoms with van der Waals surface area (Å²) in [6.07, 6.45) is 6.89. The molecule has 0 N–H and O–H groups in total. The third-order valence-corrected chi connectivity index (χ3v) is 5.10. The summed E-state index contributed by atoms with van der Waals surface area (Å²) in [5.74, 6) is 0.785. The van der Waals surface area contributed by atoms with Crippen molar-refractivity contribution in [2.24, 2.45) is 0 Å². The first-order valence-electron chi connectivity index (χ1n) is 8.30. The van der Waals surface area contributed by atoms with Crippen LogP contribution in [0.1, 0.15) is 74.6 Å². The van der Waals surface area contributed by atoms with Gasteiger partial charge in [-0.05, 0) is 59.9 Å². The minimum absolute atomic E-state index is 0.263.